The second-order valence-electron chi connectivity index (χ2n) is 7.98. The molecule has 2 aliphatic carbocycles. The third kappa shape index (κ3) is 3.90. The van der Waals surface area contributed by atoms with Crippen LogP contribution in [0.15, 0.2) is 23.2 Å². The first kappa shape index (κ1) is 18.1. The van der Waals surface area contributed by atoms with Crippen molar-refractivity contribution < 1.29 is 0 Å². The van der Waals surface area contributed by atoms with Crippen LogP contribution in [0, 0.1) is 3.57 Å². The lowest BCUT2D eigenvalue weighted by atomic mass is 10.1. The van der Waals surface area contributed by atoms with Gasteiger partial charge in [0, 0.05) is 20.9 Å². The Balaban J connectivity index is 1.67. The van der Waals surface area contributed by atoms with Gasteiger partial charge in [-0.15, -0.1) is 0 Å². The molecule has 1 saturated heterocycles. The van der Waals surface area contributed by atoms with Crippen LogP contribution in [-0.4, -0.2) is 27.4 Å². The standard InChI is InChI=1S/C21H29IN2S/c1-2-7-16-14-17(22)10-11-19(16)23-20-24(18-8-3-4-9-18)15-21(25-20)12-5-6-13-21/h10-11,14,18H,2-9,12-13,15H2,1H3. The first-order valence-electron chi connectivity index (χ1n) is 10.0. The fourth-order valence-corrected chi connectivity index (χ4v) is 6.88. The van der Waals surface area contributed by atoms with Gasteiger partial charge in [0.2, 0.25) is 0 Å². The van der Waals surface area contributed by atoms with Crippen molar-refractivity contribution in [2.75, 3.05) is 6.54 Å². The third-order valence-corrected chi connectivity index (χ3v) is 8.22. The summed E-state index contributed by atoms with van der Waals surface area (Å²) in [6.07, 6.45) is 13.4. The average molecular weight is 468 g/mol. The molecule has 136 valence electrons. The van der Waals surface area contributed by atoms with E-state index in [4.69, 9.17) is 4.99 Å². The zero-order chi connectivity index (χ0) is 17.3. The van der Waals surface area contributed by atoms with Crippen molar-refractivity contribution in [1.82, 2.24) is 4.90 Å². The molecule has 1 heterocycles. The van der Waals surface area contributed by atoms with Crippen LogP contribution in [0.2, 0.25) is 0 Å². The van der Waals surface area contributed by atoms with Gasteiger partial charge in [-0.25, -0.2) is 4.99 Å². The molecule has 1 aromatic carbocycles. The Bertz CT molecular complexity index is 645. The molecular weight excluding hydrogens is 439 g/mol. The van der Waals surface area contributed by atoms with Crippen molar-refractivity contribution >= 4 is 45.2 Å². The Kier molecular flexibility index (Phi) is 5.66. The molecule has 1 spiro atoms. The third-order valence-electron chi connectivity index (χ3n) is 6.07. The molecule has 4 rings (SSSR count). The van der Waals surface area contributed by atoms with Gasteiger partial charge in [0.1, 0.15) is 0 Å². The van der Waals surface area contributed by atoms with Gasteiger partial charge in [0.25, 0.3) is 0 Å². The molecule has 0 atom stereocenters. The lowest BCUT2D eigenvalue weighted by Crippen LogP contribution is -2.37. The van der Waals surface area contributed by atoms with E-state index in [-0.39, 0.29) is 0 Å². The van der Waals surface area contributed by atoms with Crippen molar-refractivity contribution in [2.45, 2.75) is 81.9 Å². The number of aliphatic imine (C=N–C) groups is 1. The van der Waals surface area contributed by atoms with Gasteiger partial charge < -0.3 is 4.90 Å². The summed E-state index contributed by atoms with van der Waals surface area (Å²) < 4.78 is 1.79. The van der Waals surface area contributed by atoms with Crippen LogP contribution in [0.1, 0.15) is 70.3 Å². The summed E-state index contributed by atoms with van der Waals surface area (Å²) in [5, 5.41) is 1.33. The second-order valence-corrected chi connectivity index (χ2v) is 10.7. The number of hydrogen-bond donors (Lipinski definition) is 0. The van der Waals surface area contributed by atoms with Crippen LogP contribution in [0.4, 0.5) is 5.69 Å². The average Bonchev–Trinajstić information content (AvgIpc) is 3.33. The molecule has 1 aromatic rings. The van der Waals surface area contributed by atoms with Crippen LogP contribution in [0.5, 0.6) is 0 Å². The van der Waals surface area contributed by atoms with Gasteiger partial charge in [0.05, 0.1) is 5.69 Å². The van der Waals surface area contributed by atoms with E-state index in [1.54, 1.807) is 0 Å². The predicted octanol–water partition coefficient (Wildman–Crippen LogP) is 6.54. The molecule has 3 aliphatic rings. The van der Waals surface area contributed by atoms with Crippen LogP contribution in [0.25, 0.3) is 0 Å². The molecule has 0 aromatic heterocycles. The van der Waals surface area contributed by atoms with E-state index < -0.39 is 0 Å². The fourth-order valence-electron chi connectivity index (χ4n) is 4.77. The number of thioether (sulfide) groups is 1. The molecule has 1 aliphatic heterocycles. The highest BCUT2D eigenvalue weighted by Crippen LogP contribution is 2.50. The van der Waals surface area contributed by atoms with Gasteiger partial charge in [-0.3, -0.25) is 0 Å². The lowest BCUT2D eigenvalue weighted by molar-refractivity contribution is 0.301. The maximum atomic E-state index is 5.26. The van der Waals surface area contributed by atoms with Gasteiger partial charge in [-0.1, -0.05) is 50.8 Å². The Morgan fingerprint density at radius 1 is 1.20 bits per heavy atom. The normalized spacial score (nSPS) is 24.9. The topological polar surface area (TPSA) is 15.6 Å². The Labute approximate surface area is 170 Å². The summed E-state index contributed by atoms with van der Waals surface area (Å²) in [5.41, 5.74) is 2.63. The zero-order valence-electron chi connectivity index (χ0n) is 15.3. The Morgan fingerprint density at radius 3 is 2.68 bits per heavy atom. The van der Waals surface area contributed by atoms with E-state index in [1.807, 2.05) is 0 Å². The summed E-state index contributed by atoms with van der Waals surface area (Å²) in [4.78, 5) is 7.97. The van der Waals surface area contributed by atoms with Crippen LogP contribution in [-0.2, 0) is 6.42 Å². The van der Waals surface area contributed by atoms with Gasteiger partial charge in [0.15, 0.2) is 5.17 Å². The highest BCUT2D eigenvalue weighted by molar-refractivity contribution is 14.1. The van der Waals surface area contributed by atoms with E-state index in [0.717, 1.165) is 12.5 Å². The molecule has 2 saturated carbocycles. The quantitative estimate of drug-likeness (QED) is 0.467. The van der Waals surface area contributed by atoms with E-state index >= 15 is 0 Å². The van der Waals surface area contributed by atoms with E-state index in [1.165, 1.54) is 84.3 Å². The van der Waals surface area contributed by atoms with Crippen LogP contribution < -0.4 is 0 Å². The smallest absolute Gasteiger partial charge is 0.165 e. The zero-order valence-corrected chi connectivity index (χ0v) is 18.2. The molecule has 4 heteroatoms. The first-order chi connectivity index (χ1) is 12.2. The maximum Gasteiger partial charge on any atom is 0.165 e. The molecule has 0 amide bonds. The second kappa shape index (κ2) is 7.79. The van der Waals surface area contributed by atoms with E-state index in [2.05, 4.69) is 64.4 Å². The highest BCUT2D eigenvalue weighted by atomic mass is 127. The summed E-state index contributed by atoms with van der Waals surface area (Å²) >= 11 is 4.54. The molecule has 0 N–H and O–H groups in total. The molecule has 25 heavy (non-hydrogen) atoms. The number of nitrogens with zero attached hydrogens (tertiary/aromatic N) is 2. The predicted molar refractivity (Wildman–Crippen MR) is 118 cm³/mol. The minimum atomic E-state index is 0.468. The Hall–Kier alpha value is -0.230. The number of hydrogen-bond acceptors (Lipinski definition) is 2. The molecular formula is C21H29IN2S. The van der Waals surface area contributed by atoms with Gasteiger partial charge in [-0.05, 0) is 78.5 Å². The van der Waals surface area contributed by atoms with Crippen molar-refractivity contribution in [2.24, 2.45) is 4.99 Å². The maximum absolute atomic E-state index is 5.26. The minimum Gasteiger partial charge on any atom is -0.347 e. The van der Waals surface area contributed by atoms with Gasteiger partial charge >= 0.3 is 0 Å². The van der Waals surface area contributed by atoms with E-state index in [0.29, 0.717) is 4.75 Å². The van der Waals surface area contributed by atoms with Crippen molar-refractivity contribution in [3.8, 4) is 0 Å². The van der Waals surface area contributed by atoms with Crippen molar-refractivity contribution in [1.29, 1.82) is 0 Å². The monoisotopic (exact) mass is 468 g/mol. The highest BCUT2D eigenvalue weighted by Gasteiger charge is 2.46. The van der Waals surface area contributed by atoms with Crippen molar-refractivity contribution in [3.63, 3.8) is 0 Å². The number of benzene rings is 1. The van der Waals surface area contributed by atoms with Gasteiger partial charge in [-0.2, -0.15) is 0 Å². The van der Waals surface area contributed by atoms with Crippen molar-refractivity contribution in [3.05, 3.63) is 27.3 Å². The number of rotatable bonds is 4. The lowest BCUT2D eigenvalue weighted by Gasteiger charge is -2.27. The summed E-state index contributed by atoms with van der Waals surface area (Å²) in [5.74, 6) is 0. The first-order valence-corrected chi connectivity index (χ1v) is 11.9. The number of halogens is 1. The molecule has 0 bridgehead atoms. The molecule has 3 fully saturated rings. The van der Waals surface area contributed by atoms with Crippen LogP contribution >= 0.6 is 34.4 Å². The molecule has 0 radical (unpaired) electrons. The largest absolute Gasteiger partial charge is 0.347 e. The summed E-state index contributed by atoms with van der Waals surface area (Å²) in [6.45, 7) is 3.51. The summed E-state index contributed by atoms with van der Waals surface area (Å²) in [7, 11) is 0. The minimum absolute atomic E-state index is 0.468. The van der Waals surface area contributed by atoms with E-state index in [9.17, 15) is 0 Å². The molecule has 2 nitrogen and oxygen atoms in total. The van der Waals surface area contributed by atoms with Crippen LogP contribution in [0.3, 0.4) is 0 Å². The molecule has 0 unspecified atom stereocenters. The fraction of sp³-hybridized carbons (Fsp3) is 0.667. The Morgan fingerprint density at radius 2 is 1.96 bits per heavy atom. The summed E-state index contributed by atoms with van der Waals surface area (Å²) in [6, 6.07) is 7.52. The number of amidine groups is 1. The number of aryl methyl sites for hydroxylation is 1. The SMILES string of the molecule is CCCc1cc(I)ccc1N=C1SC2(CCCC2)CN1C1CCCC1.